The molecule has 0 spiro atoms. The Morgan fingerprint density at radius 3 is 2.36 bits per heavy atom. The van der Waals surface area contributed by atoms with Crippen molar-refractivity contribution in [3.8, 4) is 0 Å². The number of carbonyl (C=O) groups excluding carboxylic acids is 2. The van der Waals surface area contributed by atoms with E-state index in [9.17, 15) is 9.59 Å². The van der Waals surface area contributed by atoms with E-state index in [2.05, 4.69) is 21.4 Å². The third-order valence-corrected chi connectivity index (χ3v) is 5.88. The van der Waals surface area contributed by atoms with Crippen molar-refractivity contribution in [2.45, 2.75) is 12.6 Å². The molecular formula is C22H16BrN3O2. The Kier molecular flexibility index (Phi) is 3.61. The summed E-state index contributed by atoms with van der Waals surface area (Å²) in [6.07, 6.45) is 0. The third-order valence-electron chi connectivity index (χ3n) is 5.39. The Balaban J connectivity index is 1.77. The molecule has 5 nitrogen and oxygen atoms in total. The molecule has 0 saturated carbocycles. The van der Waals surface area contributed by atoms with Crippen molar-refractivity contribution in [3.05, 3.63) is 94.0 Å². The zero-order valence-corrected chi connectivity index (χ0v) is 16.6. The highest BCUT2D eigenvalue weighted by atomic mass is 79.9. The number of carbonyl (C=O) groups is 2. The minimum atomic E-state index is -0.985. The van der Waals surface area contributed by atoms with Crippen LogP contribution in [0.1, 0.15) is 33.2 Å². The molecule has 0 aliphatic carbocycles. The number of hydrazine groups is 1. The number of rotatable bonds is 2. The van der Waals surface area contributed by atoms with Crippen molar-refractivity contribution in [2.24, 2.45) is 0 Å². The molecule has 1 unspecified atom stereocenters. The zero-order chi connectivity index (χ0) is 19.5. The summed E-state index contributed by atoms with van der Waals surface area (Å²) < 4.78 is 0.784. The van der Waals surface area contributed by atoms with Crippen LogP contribution in [0.4, 0.5) is 11.4 Å². The molecule has 5 rings (SSSR count). The number of benzene rings is 3. The average molecular weight is 434 g/mol. The number of para-hydroxylation sites is 1. The van der Waals surface area contributed by atoms with Crippen molar-refractivity contribution >= 4 is 39.1 Å². The van der Waals surface area contributed by atoms with Crippen molar-refractivity contribution in [1.29, 1.82) is 0 Å². The molecule has 1 atom stereocenters. The molecule has 3 aromatic carbocycles. The van der Waals surface area contributed by atoms with Gasteiger partial charge in [0, 0.05) is 15.6 Å². The van der Waals surface area contributed by atoms with Crippen LogP contribution in [0.25, 0.3) is 0 Å². The Morgan fingerprint density at radius 2 is 1.57 bits per heavy atom. The molecule has 6 heteroatoms. The maximum Gasteiger partial charge on any atom is 0.276 e. The molecule has 0 radical (unpaired) electrons. The monoisotopic (exact) mass is 433 g/mol. The lowest BCUT2D eigenvalue weighted by Gasteiger charge is -2.48. The van der Waals surface area contributed by atoms with Crippen LogP contribution in [-0.4, -0.2) is 16.8 Å². The average Bonchev–Trinajstić information content (AvgIpc) is 2.95. The predicted molar refractivity (Wildman–Crippen MR) is 111 cm³/mol. The van der Waals surface area contributed by atoms with Crippen LogP contribution in [0, 0.1) is 0 Å². The molecule has 0 fully saturated rings. The zero-order valence-electron chi connectivity index (χ0n) is 15.0. The maximum atomic E-state index is 13.5. The molecule has 2 heterocycles. The molecule has 0 aromatic heterocycles. The van der Waals surface area contributed by atoms with Crippen LogP contribution in [0.15, 0.2) is 77.3 Å². The number of hydrogen-bond acceptors (Lipinski definition) is 3. The SMILES string of the molecule is CC12c3ccccc3C(=O)N1c1ccc(Br)cc1C(=O)N2Nc1ccccc1. The molecule has 3 aromatic rings. The van der Waals surface area contributed by atoms with Crippen LogP contribution in [0.5, 0.6) is 0 Å². The number of hydrogen-bond donors (Lipinski definition) is 1. The predicted octanol–water partition coefficient (Wildman–Crippen LogP) is 4.77. The van der Waals surface area contributed by atoms with E-state index < -0.39 is 5.66 Å². The van der Waals surface area contributed by atoms with Crippen LogP contribution in [-0.2, 0) is 5.66 Å². The summed E-state index contributed by atoms with van der Waals surface area (Å²) in [6, 6.07) is 22.4. The van der Waals surface area contributed by atoms with Gasteiger partial charge in [-0.15, -0.1) is 0 Å². The molecule has 28 heavy (non-hydrogen) atoms. The standard InChI is InChI=1S/C22H16BrN3O2/c1-22-18-10-6-5-9-16(18)20(27)25(22)19-12-11-14(23)13-17(19)21(28)26(22)24-15-7-3-2-4-8-15/h2-13,24H,1H3. The Hall–Kier alpha value is -3.12. The minimum absolute atomic E-state index is 0.117. The molecule has 2 aliphatic rings. The second-order valence-electron chi connectivity index (χ2n) is 6.99. The summed E-state index contributed by atoms with van der Waals surface area (Å²) in [7, 11) is 0. The molecule has 2 aliphatic heterocycles. The van der Waals surface area contributed by atoms with Gasteiger partial charge < -0.3 is 0 Å². The lowest BCUT2D eigenvalue weighted by atomic mass is 9.95. The largest absolute Gasteiger partial charge is 0.293 e. The number of nitrogens with one attached hydrogen (secondary N) is 1. The number of halogens is 1. The van der Waals surface area contributed by atoms with Gasteiger partial charge in [-0.05, 0) is 43.3 Å². The third kappa shape index (κ3) is 2.18. The van der Waals surface area contributed by atoms with Gasteiger partial charge in [0.05, 0.1) is 16.9 Å². The van der Waals surface area contributed by atoms with E-state index in [-0.39, 0.29) is 11.8 Å². The van der Waals surface area contributed by atoms with E-state index in [1.165, 1.54) is 0 Å². The number of amides is 2. The van der Waals surface area contributed by atoms with Gasteiger partial charge in [-0.2, -0.15) is 0 Å². The van der Waals surface area contributed by atoms with Crippen molar-refractivity contribution in [2.75, 3.05) is 10.3 Å². The van der Waals surface area contributed by atoms with Gasteiger partial charge in [0.15, 0.2) is 5.66 Å². The first-order valence-corrected chi connectivity index (χ1v) is 9.71. The summed E-state index contributed by atoms with van der Waals surface area (Å²) in [5.74, 6) is -0.308. The van der Waals surface area contributed by atoms with E-state index in [0.717, 1.165) is 15.7 Å². The van der Waals surface area contributed by atoms with Gasteiger partial charge >= 0.3 is 0 Å². The van der Waals surface area contributed by atoms with E-state index in [0.29, 0.717) is 16.8 Å². The second-order valence-corrected chi connectivity index (χ2v) is 7.90. The van der Waals surface area contributed by atoms with E-state index in [1.54, 1.807) is 16.0 Å². The summed E-state index contributed by atoms with van der Waals surface area (Å²) in [4.78, 5) is 28.6. The van der Waals surface area contributed by atoms with Gasteiger partial charge in [0.1, 0.15) is 0 Å². The number of nitrogens with zero attached hydrogens (tertiary/aromatic N) is 2. The summed E-state index contributed by atoms with van der Waals surface area (Å²) in [6.45, 7) is 1.90. The summed E-state index contributed by atoms with van der Waals surface area (Å²) in [5, 5.41) is 1.56. The maximum absolute atomic E-state index is 13.5. The molecule has 138 valence electrons. The molecule has 2 amide bonds. The molecule has 0 bridgehead atoms. The van der Waals surface area contributed by atoms with Gasteiger partial charge in [-0.1, -0.05) is 52.3 Å². The Morgan fingerprint density at radius 1 is 0.857 bits per heavy atom. The lowest BCUT2D eigenvalue weighted by molar-refractivity contribution is 0.0547. The van der Waals surface area contributed by atoms with Crippen molar-refractivity contribution in [1.82, 2.24) is 5.01 Å². The normalized spacial score (nSPS) is 19.9. The first kappa shape index (κ1) is 17.0. The summed E-state index contributed by atoms with van der Waals surface area (Å²) >= 11 is 3.44. The minimum Gasteiger partial charge on any atom is -0.293 e. The van der Waals surface area contributed by atoms with Crippen molar-refractivity contribution < 1.29 is 9.59 Å². The Labute approximate surface area is 170 Å². The fourth-order valence-corrected chi connectivity index (χ4v) is 4.44. The molecular weight excluding hydrogens is 418 g/mol. The first-order valence-electron chi connectivity index (χ1n) is 8.91. The molecule has 0 saturated heterocycles. The quantitative estimate of drug-likeness (QED) is 0.633. The van der Waals surface area contributed by atoms with Gasteiger partial charge in [0.2, 0.25) is 0 Å². The van der Waals surface area contributed by atoms with Gasteiger partial charge in [-0.3, -0.25) is 19.9 Å². The van der Waals surface area contributed by atoms with Crippen LogP contribution in [0.3, 0.4) is 0 Å². The van der Waals surface area contributed by atoms with Crippen molar-refractivity contribution in [3.63, 3.8) is 0 Å². The van der Waals surface area contributed by atoms with Gasteiger partial charge in [-0.25, -0.2) is 5.01 Å². The Bertz CT molecular complexity index is 1130. The van der Waals surface area contributed by atoms with E-state index in [4.69, 9.17) is 0 Å². The number of anilines is 2. The lowest BCUT2D eigenvalue weighted by Crippen LogP contribution is -2.62. The highest BCUT2D eigenvalue weighted by molar-refractivity contribution is 9.10. The fraction of sp³-hybridized carbons (Fsp3) is 0.0909. The van der Waals surface area contributed by atoms with Crippen LogP contribution >= 0.6 is 15.9 Å². The summed E-state index contributed by atoms with van der Waals surface area (Å²) in [5.41, 5.74) is 5.51. The molecule has 1 N–H and O–H groups in total. The smallest absolute Gasteiger partial charge is 0.276 e. The van der Waals surface area contributed by atoms with Gasteiger partial charge in [0.25, 0.3) is 11.8 Å². The van der Waals surface area contributed by atoms with Crippen LogP contribution in [0.2, 0.25) is 0 Å². The first-order chi connectivity index (χ1) is 13.5. The topological polar surface area (TPSA) is 52.7 Å². The van der Waals surface area contributed by atoms with Crippen LogP contribution < -0.4 is 10.3 Å². The highest BCUT2D eigenvalue weighted by Gasteiger charge is 2.56. The highest BCUT2D eigenvalue weighted by Crippen LogP contribution is 2.49. The van der Waals surface area contributed by atoms with E-state index in [1.807, 2.05) is 73.7 Å². The fourth-order valence-electron chi connectivity index (χ4n) is 4.08. The van der Waals surface area contributed by atoms with E-state index >= 15 is 0 Å². The second kappa shape index (κ2) is 5.94. The number of fused-ring (bicyclic) bond motifs is 5.